The van der Waals surface area contributed by atoms with Gasteiger partial charge in [-0.3, -0.25) is 4.79 Å². The molecule has 0 aliphatic carbocycles. The second kappa shape index (κ2) is 7.41. The van der Waals surface area contributed by atoms with Gasteiger partial charge in [-0.25, -0.2) is 4.79 Å². The molecule has 0 fully saturated rings. The average molecular weight is 428 g/mol. The number of carbonyl (C=O) groups excluding carboxylic acids is 2. The molecule has 1 unspecified atom stereocenters. The molecule has 0 aromatic heterocycles. The van der Waals surface area contributed by atoms with E-state index in [1.807, 2.05) is 48.5 Å². The fraction of sp³-hybridized carbons (Fsp3) is 0.231. The summed E-state index contributed by atoms with van der Waals surface area (Å²) in [5, 5.41) is 2.82. The van der Waals surface area contributed by atoms with E-state index in [-0.39, 0.29) is 11.9 Å². The Morgan fingerprint density at radius 2 is 1.72 bits per heavy atom. The first-order chi connectivity index (χ1) is 15.5. The molecular formula is C26H24N2O4. The molecule has 2 aliphatic heterocycles. The van der Waals surface area contributed by atoms with Gasteiger partial charge in [0.15, 0.2) is 5.60 Å². The molecule has 0 saturated heterocycles. The molecule has 1 amide bonds. The summed E-state index contributed by atoms with van der Waals surface area (Å²) in [5.41, 5.74) is 3.26. The van der Waals surface area contributed by atoms with Gasteiger partial charge in [0.2, 0.25) is 5.91 Å². The Morgan fingerprint density at radius 3 is 2.47 bits per heavy atom. The Hall–Kier alpha value is -3.80. The van der Waals surface area contributed by atoms with Crippen LogP contribution >= 0.6 is 0 Å². The third-order valence-electron chi connectivity index (χ3n) is 6.14. The van der Waals surface area contributed by atoms with Crippen LogP contribution in [0.2, 0.25) is 0 Å². The first-order valence-corrected chi connectivity index (χ1v) is 10.8. The molecule has 3 aromatic rings. The summed E-state index contributed by atoms with van der Waals surface area (Å²) >= 11 is 0. The van der Waals surface area contributed by atoms with Gasteiger partial charge in [0.1, 0.15) is 11.5 Å². The standard InChI is InChI=1S/C26H24N2O4/c1-4-28(5-2)18-11-12-21-24(15-18)31-23-13-10-17(27-16(3)29)14-22(23)26(21)20-9-7-6-8-19(20)25(30)32-26/h6-15H,4-5H2,1-3H3,(H,27,29). The maximum atomic E-state index is 12.9. The van der Waals surface area contributed by atoms with Crippen molar-refractivity contribution in [1.29, 1.82) is 0 Å². The molecule has 0 radical (unpaired) electrons. The lowest BCUT2D eigenvalue weighted by Crippen LogP contribution is -2.33. The number of nitrogens with zero attached hydrogens (tertiary/aromatic N) is 1. The van der Waals surface area contributed by atoms with Crippen molar-refractivity contribution < 1.29 is 19.1 Å². The van der Waals surface area contributed by atoms with Crippen LogP contribution in [0.4, 0.5) is 11.4 Å². The number of benzene rings is 3. The molecule has 162 valence electrons. The maximum absolute atomic E-state index is 12.9. The van der Waals surface area contributed by atoms with Crippen molar-refractivity contribution in [3.05, 3.63) is 82.9 Å². The minimum atomic E-state index is -1.15. The molecule has 6 nitrogen and oxygen atoms in total. The predicted octanol–water partition coefficient (Wildman–Crippen LogP) is 5.06. The van der Waals surface area contributed by atoms with Gasteiger partial charge in [0.25, 0.3) is 0 Å². The van der Waals surface area contributed by atoms with E-state index < -0.39 is 5.60 Å². The lowest BCUT2D eigenvalue weighted by molar-refractivity contribution is -0.114. The Bertz CT molecular complexity index is 1250. The molecule has 1 N–H and O–H groups in total. The van der Waals surface area contributed by atoms with Crippen LogP contribution in [0.1, 0.15) is 47.8 Å². The lowest BCUT2D eigenvalue weighted by atomic mass is 9.77. The highest BCUT2D eigenvalue weighted by Crippen LogP contribution is 2.56. The van der Waals surface area contributed by atoms with Crippen molar-refractivity contribution in [3.63, 3.8) is 0 Å². The number of amides is 1. The van der Waals surface area contributed by atoms with Crippen LogP contribution in [0.15, 0.2) is 60.7 Å². The smallest absolute Gasteiger partial charge is 0.340 e. The Balaban J connectivity index is 1.77. The maximum Gasteiger partial charge on any atom is 0.340 e. The highest BCUT2D eigenvalue weighted by atomic mass is 16.6. The van der Waals surface area contributed by atoms with Crippen molar-refractivity contribution in [2.24, 2.45) is 0 Å². The number of rotatable bonds is 4. The van der Waals surface area contributed by atoms with Crippen LogP contribution in [0.25, 0.3) is 0 Å². The van der Waals surface area contributed by atoms with E-state index in [4.69, 9.17) is 9.47 Å². The number of esters is 1. The molecule has 0 saturated carbocycles. The predicted molar refractivity (Wildman–Crippen MR) is 123 cm³/mol. The van der Waals surface area contributed by atoms with E-state index in [0.717, 1.165) is 29.9 Å². The summed E-state index contributed by atoms with van der Waals surface area (Å²) in [4.78, 5) is 26.9. The molecule has 1 atom stereocenters. The third-order valence-corrected chi connectivity index (χ3v) is 6.14. The second-order valence-corrected chi connectivity index (χ2v) is 7.96. The van der Waals surface area contributed by atoms with E-state index in [1.54, 1.807) is 12.1 Å². The van der Waals surface area contributed by atoms with Crippen molar-refractivity contribution in [3.8, 4) is 11.5 Å². The minimum absolute atomic E-state index is 0.177. The van der Waals surface area contributed by atoms with Gasteiger partial charge in [0.05, 0.1) is 5.56 Å². The lowest BCUT2D eigenvalue weighted by Gasteiger charge is -2.37. The molecule has 6 heteroatoms. The quantitative estimate of drug-likeness (QED) is 0.589. The highest BCUT2D eigenvalue weighted by molar-refractivity contribution is 5.97. The van der Waals surface area contributed by atoms with Crippen molar-refractivity contribution >= 4 is 23.3 Å². The molecule has 32 heavy (non-hydrogen) atoms. The largest absolute Gasteiger partial charge is 0.456 e. The number of fused-ring (bicyclic) bond motifs is 6. The highest BCUT2D eigenvalue weighted by Gasteiger charge is 2.53. The second-order valence-electron chi connectivity index (χ2n) is 7.96. The van der Waals surface area contributed by atoms with Crippen molar-refractivity contribution in [2.75, 3.05) is 23.3 Å². The van der Waals surface area contributed by atoms with Crippen LogP contribution < -0.4 is 15.0 Å². The fourth-order valence-electron chi connectivity index (χ4n) is 4.73. The summed E-state index contributed by atoms with van der Waals surface area (Å²) in [6.07, 6.45) is 0. The zero-order valence-corrected chi connectivity index (χ0v) is 18.3. The van der Waals surface area contributed by atoms with Gasteiger partial charge in [0, 0.05) is 54.1 Å². The first-order valence-electron chi connectivity index (χ1n) is 10.8. The molecule has 5 rings (SSSR count). The third kappa shape index (κ3) is 2.87. The SMILES string of the molecule is CCN(CC)c1ccc2c(c1)Oc1ccc(NC(C)=O)cc1C21OC(=O)c2ccccc21. The number of hydrogen-bond donors (Lipinski definition) is 1. The van der Waals surface area contributed by atoms with Gasteiger partial charge < -0.3 is 19.7 Å². The number of hydrogen-bond acceptors (Lipinski definition) is 5. The molecule has 3 aromatic carbocycles. The van der Waals surface area contributed by atoms with E-state index >= 15 is 0 Å². The Labute approximate surface area is 186 Å². The summed E-state index contributed by atoms with van der Waals surface area (Å²) < 4.78 is 12.5. The number of ether oxygens (including phenoxy) is 2. The van der Waals surface area contributed by atoms with E-state index in [9.17, 15) is 9.59 Å². The number of anilines is 2. The fourth-order valence-corrected chi connectivity index (χ4v) is 4.73. The summed E-state index contributed by atoms with van der Waals surface area (Å²) in [7, 11) is 0. The molecule has 2 heterocycles. The van der Waals surface area contributed by atoms with Gasteiger partial charge in [-0.1, -0.05) is 18.2 Å². The monoisotopic (exact) mass is 428 g/mol. The van der Waals surface area contributed by atoms with E-state index in [1.165, 1.54) is 6.92 Å². The van der Waals surface area contributed by atoms with Crippen molar-refractivity contribution in [2.45, 2.75) is 26.4 Å². The zero-order chi connectivity index (χ0) is 22.5. The molecule has 0 bridgehead atoms. The van der Waals surface area contributed by atoms with Gasteiger partial charge in [-0.2, -0.15) is 0 Å². The summed E-state index contributed by atoms with van der Waals surface area (Å²) in [5.74, 6) is 0.687. The van der Waals surface area contributed by atoms with Crippen LogP contribution in [0.5, 0.6) is 11.5 Å². The van der Waals surface area contributed by atoms with Crippen LogP contribution in [0.3, 0.4) is 0 Å². The van der Waals surface area contributed by atoms with Gasteiger partial charge in [-0.15, -0.1) is 0 Å². The normalized spacial score (nSPS) is 17.7. The summed E-state index contributed by atoms with van der Waals surface area (Å²) in [6.45, 7) is 7.42. The van der Waals surface area contributed by atoms with Gasteiger partial charge in [-0.05, 0) is 50.2 Å². The molecule has 1 spiro atoms. The Kier molecular flexibility index (Phi) is 4.66. The first kappa shape index (κ1) is 20.1. The van der Waals surface area contributed by atoms with Crippen LogP contribution in [0, 0.1) is 0 Å². The zero-order valence-electron chi connectivity index (χ0n) is 18.3. The van der Waals surface area contributed by atoms with E-state index in [2.05, 4.69) is 24.1 Å². The topological polar surface area (TPSA) is 67.9 Å². The molecule has 2 aliphatic rings. The minimum Gasteiger partial charge on any atom is -0.456 e. The van der Waals surface area contributed by atoms with Crippen LogP contribution in [-0.2, 0) is 15.1 Å². The summed E-state index contributed by atoms with van der Waals surface area (Å²) in [6, 6.07) is 18.9. The number of nitrogens with one attached hydrogen (secondary N) is 1. The average Bonchev–Trinajstić information content (AvgIpc) is 3.08. The number of carbonyl (C=O) groups is 2. The molecular weight excluding hydrogens is 404 g/mol. The van der Waals surface area contributed by atoms with Crippen LogP contribution in [-0.4, -0.2) is 25.0 Å². The Morgan fingerprint density at radius 1 is 0.938 bits per heavy atom. The van der Waals surface area contributed by atoms with Gasteiger partial charge >= 0.3 is 5.97 Å². The van der Waals surface area contributed by atoms with E-state index in [0.29, 0.717) is 28.3 Å². The van der Waals surface area contributed by atoms with Crippen molar-refractivity contribution in [1.82, 2.24) is 0 Å².